The average Bonchev–Trinajstić information content (AvgIpc) is 3.66. The third-order valence-electron chi connectivity index (χ3n) is 6.02. The van der Waals surface area contributed by atoms with Crippen LogP contribution in [0, 0.1) is 5.92 Å². The Balaban J connectivity index is 1.23. The molecule has 2 aliphatic rings. The number of rotatable bonds is 9. The first-order chi connectivity index (χ1) is 14.5. The van der Waals surface area contributed by atoms with E-state index < -0.39 is 0 Å². The van der Waals surface area contributed by atoms with Gasteiger partial charge in [-0.1, -0.05) is 37.3 Å². The zero-order valence-electron chi connectivity index (χ0n) is 17.8. The Hall–Kier alpha value is -2.76. The number of urea groups is 1. The minimum absolute atomic E-state index is 0.0706. The molecule has 0 aliphatic heterocycles. The van der Waals surface area contributed by atoms with Crippen molar-refractivity contribution in [2.24, 2.45) is 5.92 Å². The van der Waals surface area contributed by atoms with E-state index in [1.807, 2.05) is 41.3 Å². The average molecular weight is 410 g/mol. The molecule has 0 saturated heterocycles. The number of amides is 3. The Labute approximate surface area is 178 Å². The molecule has 2 aromatic rings. The minimum Gasteiger partial charge on any atom is -0.464 e. The zero-order chi connectivity index (χ0) is 21.1. The smallest absolute Gasteiger partial charge is 0.317 e. The van der Waals surface area contributed by atoms with Gasteiger partial charge in [-0.3, -0.25) is 4.79 Å². The second-order valence-electron chi connectivity index (χ2n) is 8.70. The van der Waals surface area contributed by atoms with Crippen LogP contribution in [0.3, 0.4) is 0 Å². The molecule has 30 heavy (non-hydrogen) atoms. The minimum atomic E-state index is -0.168. The Morgan fingerprint density at radius 3 is 2.50 bits per heavy atom. The molecule has 1 aromatic carbocycles. The lowest BCUT2D eigenvalue weighted by Crippen LogP contribution is -2.40. The van der Waals surface area contributed by atoms with E-state index in [0.29, 0.717) is 43.9 Å². The van der Waals surface area contributed by atoms with Gasteiger partial charge in [-0.15, -0.1) is 0 Å². The zero-order valence-corrected chi connectivity index (χ0v) is 17.8. The first kappa shape index (κ1) is 20.5. The van der Waals surface area contributed by atoms with Crippen LogP contribution in [0.5, 0.6) is 0 Å². The predicted molar refractivity (Wildman–Crippen MR) is 115 cm³/mol. The topological polar surface area (TPSA) is 65.8 Å². The predicted octanol–water partition coefficient (Wildman–Crippen LogP) is 4.13. The first-order valence-corrected chi connectivity index (χ1v) is 10.9. The van der Waals surface area contributed by atoms with Crippen LogP contribution in [0.2, 0.25) is 0 Å². The lowest BCUT2D eigenvalue weighted by Gasteiger charge is -2.22. The lowest BCUT2D eigenvalue weighted by atomic mass is 10.2. The van der Waals surface area contributed by atoms with E-state index >= 15 is 0 Å². The number of hydrogen-bond acceptors (Lipinski definition) is 3. The van der Waals surface area contributed by atoms with E-state index in [0.717, 1.165) is 29.9 Å². The largest absolute Gasteiger partial charge is 0.464 e. The van der Waals surface area contributed by atoms with Gasteiger partial charge >= 0.3 is 6.03 Å². The molecule has 2 atom stereocenters. The van der Waals surface area contributed by atoms with Crippen molar-refractivity contribution in [3.8, 4) is 0 Å². The molecule has 6 nitrogen and oxygen atoms in total. The molecule has 1 aromatic heterocycles. The van der Waals surface area contributed by atoms with Crippen molar-refractivity contribution in [3.05, 3.63) is 59.5 Å². The van der Waals surface area contributed by atoms with Crippen LogP contribution in [-0.4, -0.2) is 41.4 Å². The maximum atomic E-state index is 12.8. The highest BCUT2D eigenvalue weighted by molar-refractivity contribution is 5.78. The fourth-order valence-electron chi connectivity index (χ4n) is 3.86. The van der Waals surface area contributed by atoms with E-state index in [2.05, 4.69) is 18.3 Å². The van der Waals surface area contributed by atoms with Gasteiger partial charge in [0.15, 0.2) is 0 Å². The fourth-order valence-corrected chi connectivity index (χ4v) is 3.86. The summed E-state index contributed by atoms with van der Waals surface area (Å²) in [4.78, 5) is 28.6. The van der Waals surface area contributed by atoms with Crippen molar-refractivity contribution in [2.45, 2.75) is 57.7 Å². The molecule has 4 rings (SSSR count). The summed E-state index contributed by atoms with van der Waals surface area (Å²) in [7, 11) is 1.76. The molecule has 6 heteroatoms. The van der Waals surface area contributed by atoms with Crippen LogP contribution in [0.25, 0.3) is 0 Å². The Bertz CT molecular complexity index is 875. The molecule has 160 valence electrons. The number of benzene rings is 1. The molecular weight excluding hydrogens is 378 g/mol. The molecule has 0 radical (unpaired) electrons. The SMILES string of the molecule is CC1CC1c1ccc(CN(C(=O)CCNC(=O)N(C)Cc2ccccc2)C2CC2)o1. The van der Waals surface area contributed by atoms with E-state index in [4.69, 9.17) is 4.42 Å². The van der Waals surface area contributed by atoms with Crippen molar-refractivity contribution < 1.29 is 14.0 Å². The third-order valence-corrected chi connectivity index (χ3v) is 6.02. The second-order valence-corrected chi connectivity index (χ2v) is 8.70. The van der Waals surface area contributed by atoms with Gasteiger partial charge in [0.25, 0.3) is 0 Å². The summed E-state index contributed by atoms with van der Waals surface area (Å²) in [6.45, 7) is 3.63. The van der Waals surface area contributed by atoms with Crippen LogP contribution >= 0.6 is 0 Å². The van der Waals surface area contributed by atoms with E-state index in [9.17, 15) is 9.59 Å². The highest BCUT2D eigenvalue weighted by Gasteiger charge is 2.37. The van der Waals surface area contributed by atoms with Gasteiger partial charge in [0.1, 0.15) is 11.5 Å². The molecule has 2 aliphatic carbocycles. The molecule has 2 unspecified atom stereocenters. The normalized spacial score (nSPS) is 19.9. The standard InChI is InChI=1S/C24H31N3O3/c1-17-14-21(17)22-11-10-20(30-22)16-27(19-8-9-19)23(28)12-13-25-24(29)26(2)15-18-6-4-3-5-7-18/h3-7,10-11,17,19,21H,8-9,12-16H2,1-2H3,(H,25,29). The lowest BCUT2D eigenvalue weighted by molar-refractivity contribution is -0.132. The van der Waals surface area contributed by atoms with Gasteiger partial charge in [-0.2, -0.15) is 0 Å². The Morgan fingerprint density at radius 2 is 1.83 bits per heavy atom. The molecule has 0 spiro atoms. The number of furan rings is 1. The molecule has 1 heterocycles. The Morgan fingerprint density at radius 1 is 1.10 bits per heavy atom. The van der Waals surface area contributed by atoms with Gasteiger partial charge < -0.3 is 19.5 Å². The number of nitrogens with one attached hydrogen (secondary N) is 1. The van der Waals surface area contributed by atoms with Gasteiger partial charge in [0.2, 0.25) is 5.91 Å². The molecule has 2 fully saturated rings. The van der Waals surface area contributed by atoms with Crippen molar-refractivity contribution in [3.63, 3.8) is 0 Å². The number of hydrogen-bond donors (Lipinski definition) is 1. The van der Waals surface area contributed by atoms with Crippen LogP contribution in [0.1, 0.15) is 55.6 Å². The van der Waals surface area contributed by atoms with Gasteiger partial charge in [0.05, 0.1) is 6.54 Å². The summed E-state index contributed by atoms with van der Waals surface area (Å²) in [5, 5.41) is 2.86. The molecule has 3 amide bonds. The quantitative estimate of drug-likeness (QED) is 0.677. The highest BCUT2D eigenvalue weighted by Crippen LogP contribution is 2.47. The summed E-state index contributed by atoms with van der Waals surface area (Å²) < 4.78 is 6.00. The van der Waals surface area contributed by atoms with Crippen molar-refractivity contribution >= 4 is 11.9 Å². The maximum Gasteiger partial charge on any atom is 0.317 e. The van der Waals surface area contributed by atoms with E-state index in [-0.39, 0.29) is 11.9 Å². The highest BCUT2D eigenvalue weighted by atomic mass is 16.3. The fraction of sp³-hybridized carbons (Fsp3) is 0.500. The Kier molecular flexibility index (Phi) is 6.11. The van der Waals surface area contributed by atoms with E-state index in [1.54, 1.807) is 11.9 Å². The molecular formula is C24H31N3O3. The van der Waals surface area contributed by atoms with E-state index in [1.165, 1.54) is 6.42 Å². The van der Waals surface area contributed by atoms with Crippen LogP contribution in [-0.2, 0) is 17.9 Å². The summed E-state index contributed by atoms with van der Waals surface area (Å²) in [6.07, 6.45) is 3.58. The maximum absolute atomic E-state index is 12.8. The van der Waals surface area contributed by atoms with Crippen LogP contribution in [0.15, 0.2) is 46.9 Å². The number of carbonyl (C=O) groups excluding carboxylic acids is 2. The van der Waals surface area contributed by atoms with Gasteiger partial charge in [-0.25, -0.2) is 4.79 Å². The van der Waals surface area contributed by atoms with Crippen molar-refractivity contribution in [2.75, 3.05) is 13.6 Å². The summed E-state index contributed by atoms with van der Waals surface area (Å²) in [5.41, 5.74) is 1.07. The molecule has 2 saturated carbocycles. The van der Waals surface area contributed by atoms with Gasteiger partial charge in [0, 0.05) is 38.5 Å². The first-order valence-electron chi connectivity index (χ1n) is 10.9. The monoisotopic (exact) mass is 409 g/mol. The second kappa shape index (κ2) is 8.94. The summed E-state index contributed by atoms with van der Waals surface area (Å²) >= 11 is 0. The number of nitrogens with zero attached hydrogens (tertiary/aromatic N) is 2. The van der Waals surface area contributed by atoms with Crippen molar-refractivity contribution in [1.29, 1.82) is 0 Å². The molecule has 0 bridgehead atoms. The van der Waals surface area contributed by atoms with Gasteiger partial charge in [-0.05, 0) is 42.9 Å². The summed E-state index contributed by atoms with van der Waals surface area (Å²) in [6, 6.07) is 14.1. The van der Waals surface area contributed by atoms with Crippen LogP contribution in [0.4, 0.5) is 4.79 Å². The van der Waals surface area contributed by atoms with Crippen LogP contribution < -0.4 is 5.32 Å². The molecule has 1 N–H and O–H groups in total. The number of carbonyl (C=O) groups is 2. The third kappa shape index (κ3) is 5.23. The summed E-state index contributed by atoms with van der Waals surface area (Å²) in [5.74, 6) is 3.23. The van der Waals surface area contributed by atoms with Crippen molar-refractivity contribution in [1.82, 2.24) is 15.1 Å².